The van der Waals surface area contributed by atoms with Crippen LogP contribution >= 0.6 is 0 Å². The number of hydrogen-bond acceptors (Lipinski definition) is 2. The van der Waals surface area contributed by atoms with Gasteiger partial charge in [-0.05, 0) is 19.4 Å². The van der Waals surface area contributed by atoms with Gasteiger partial charge >= 0.3 is 0 Å². The van der Waals surface area contributed by atoms with Crippen LogP contribution < -0.4 is 5.32 Å². The summed E-state index contributed by atoms with van der Waals surface area (Å²) >= 11 is 0. The lowest BCUT2D eigenvalue weighted by atomic mass is 10.0. The Hall–Kier alpha value is -1.51. The largest absolute Gasteiger partial charge is 0.508 e. The van der Waals surface area contributed by atoms with Crippen molar-refractivity contribution in [1.82, 2.24) is 5.32 Å². The quantitative estimate of drug-likeness (QED) is 0.709. The number of hydrogen-bond donors (Lipinski definition) is 2. The third kappa shape index (κ3) is 1.58. The Bertz CT molecular complexity index is 374. The maximum atomic E-state index is 11.0. The minimum Gasteiger partial charge on any atom is -0.508 e. The van der Waals surface area contributed by atoms with Gasteiger partial charge in [0.25, 0.3) is 0 Å². The first-order valence-corrected chi connectivity index (χ1v) is 4.75. The van der Waals surface area contributed by atoms with Gasteiger partial charge < -0.3 is 10.4 Å². The molecule has 1 aliphatic rings. The van der Waals surface area contributed by atoms with Crippen molar-refractivity contribution in [3.8, 4) is 5.75 Å². The summed E-state index contributed by atoms with van der Waals surface area (Å²) < 4.78 is 0. The van der Waals surface area contributed by atoms with Gasteiger partial charge in [0.15, 0.2) is 0 Å². The van der Waals surface area contributed by atoms with Gasteiger partial charge in [0.2, 0.25) is 5.91 Å². The van der Waals surface area contributed by atoms with E-state index in [-0.39, 0.29) is 17.7 Å². The van der Waals surface area contributed by atoms with Crippen LogP contribution in [0.1, 0.15) is 30.0 Å². The molecular formula is C11H13NO2. The summed E-state index contributed by atoms with van der Waals surface area (Å²) in [5.41, 5.74) is 1.93. The van der Waals surface area contributed by atoms with Crippen LogP contribution in [0, 0.1) is 6.92 Å². The van der Waals surface area contributed by atoms with E-state index in [1.165, 1.54) is 0 Å². The van der Waals surface area contributed by atoms with Gasteiger partial charge in [0.1, 0.15) is 5.75 Å². The number of phenols is 1. The van der Waals surface area contributed by atoms with Crippen LogP contribution in [0.25, 0.3) is 0 Å². The highest BCUT2D eigenvalue weighted by molar-refractivity contribution is 5.79. The highest BCUT2D eigenvalue weighted by Gasteiger charge is 2.24. The zero-order valence-electron chi connectivity index (χ0n) is 8.08. The topological polar surface area (TPSA) is 49.3 Å². The van der Waals surface area contributed by atoms with Crippen LogP contribution in [0.2, 0.25) is 0 Å². The molecule has 1 aromatic carbocycles. The molecule has 3 nitrogen and oxygen atoms in total. The smallest absolute Gasteiger partial charge is 0.220 e. The molecule has 1 aliphatic heterocycles. The lowest BCUT2D eigenvalue weighted by Gasteiger charge is -2.12. The molecule has 1 aromatic rings. The van der Waals surface area contributed by atoms with E-state index in [9.17, 15) is 9.90 Å². The standard InChI is InChI=1S/C11H13NO2/c1-7-2-4-10(13)8(6-7)9-3-5-11(14)12-9/h2,4,6,9,13H,3,5H2,1H3,(H,12,14). The second-order valence-corrected chi connectivity index (χ2v) is 3.72. The summed E-state index contributed by atoms with van der Waals surface area (Å²) in [7, 11) is 0. The monoisotopic (exact) mass is 191 g/mol. The first-order valence-electron chi connectivity index (χ1n) is 4.75. The first-order chi connectivity index (χ1) is 6.66. The average molecular weight is 191 g/mol. The molecule has 1 fully saturated rings. The summed E-state index contributed by atoms with van der Waals surface area (Å²) in [4.78, 5) is 11.0. The molecule has 1 heterocycles. The molecule has 0 saturated carbocycles. The molecule has 0 bridgehead atoms. The highest BCUT2D eigenvalue weighted by Crippen LogP contribution is 2.30. The Morgan fingerprint density at radius 2 is 2.29 bits per heavy atom. The SMILES string of the molecule is Cc1ccc(O)c(C2CCC(=O)N2)c1. The summed E-state index contributed by atoms with van der Waals surface area (Å²) in [6, 6.07) is 5.44. The van der Waals surface area contributed by atoms with E-state index in [1.807, 2.05) is 19.1 Å². The van der Waals surface area contributed by atoms with Crippen LogP contribution in [-0.4, -0.2) is 11.0 Å². The van der Waals surface area contributed by atoms with E-state index < -0.39 is 0 Å². The number of aromatic hydroxyl groups is 1. The van der Waals surface area contributed by atoms with E-state index in [1.54, 1.807) is 6.07 Å². The number of phenolic OH excluding ortho intramolecular Hbond substituents is 1. The summed E-state index contributed by atoms with van der Waals surface area (Å²) in [6.07, 6.45) is 1.33. The Kier molecular flexibility index (Phi) is 2.15. The number of benzene rings is 1. The van der Waals surface area contributed by atoms with Crippen LogP contribution in [-0.2, 0) is 4.79 Å². The molecular weight excluding hydrogens is 178 g/mol. The van der Waals surface area contributed by atoms with Gasteiger partial charge in [-0.25, -0.2) is 0 Å². The van der Waals surface area contributed by atoms with Crippen molar-refractivity contribution in [1.29, 1.82) is 0 Å². The lowest BCUT2D eigenvalue weighted by molar-refractivity contribution is -0.119. The molecule has 1 amide bonds. The number of rotatable bonds is 1. The lowest BCUT2D eigenvalue weighted by Crippen LogP contribution is -2.18. The fourth-order valence-electron chi connectivity index (χ4n) is 1.80. The van der Waals surface area contributed by atoms with E-state index in [0.717, 1.165) is 17.5 Å². The van der Waals surface area contributed by atoms with Gasteiger partial charge in [0, 0.05) is 12.0 Å². The molecule has 74 valence electrons. The second-order valence-electron chi connectivity index (χ2n) is 3.72. The van der Waals surface area contributed by atoms with Gasteiger partial charge in [-0.1, -0.05) is 17.7 Å². The molecule has 1 unspecified atom stereocenters. The third-order valence-electron chi connectivity index (χ3n) is 2.55. The number of amides is 1. The van der Waals surface area contributed by atoms with Crippen LogP contribution in [0.15, 0.2) is 18.2 Å². The minimum absolute atomic E-state index is 0.0117. The van der Waals surface area contributed by atoms with Crippen molar-refractivity contribution in [2.75, 3.05) is 0 Å². The molecule has 2 rings (SSSR count). The first kappa shape index (κ1) is 9.06. The Morgan fingerprint density at radius 3 is 2.93 bits per heavy atom. The molecule has 1 atom stereocenters. The van der Waals surface area contributed by atoms with Crippen molar-refractivity contribution in [2.24, 2.45) is 0 Å². The Balaban J connectivity index is 2.31. The molecule has 3 heteroatoms. The van der Waals surface area contributed by atoms with Crippen molar-refractivity contribution in [2.45, 2.75) is 25.8 Å². The second kappa shape index (κ2) is 3.33. The summed E-state index contributed by atoms with van der Waals surface area (Å²) in [5.74, 6) is 0.332. The molecule has 0 spiro atoms. The average Bonchev–Trinajstić information content (AvgIpc) is 2.56. The molecule has 1 saturated heterocycles. The zero-order valence-corrected chi connectivity index (χ0v) is 8.08. The fourth-order valence-corrected chi connectivity index (χ4v) is 1.80. The van der Waals surface area contributed by atoms with Crippen molar-refractivity contribution >= 4 is 5.91 Å². The highest BCUT2D eigenvalue weighted by atomic mass is 16.3. The maximum absolute atomic E-state index is 11.0. The summed E-state index contributed by atoms with van der Waals surface area (Å²) in [5, 5.41) is 12.5. The van der Waals surface area contributed by atoms with Crippen molar-refractivity contribution < 1.29 is 9.90 Å². The Morgan fingerprint density at radius 1 is 1.50 bits per heavy atom. The maximum Gasteiger partial charge on any atom is 0.220 e. The van der Waals surface area contributed by atoms with Crippen molar-refractivity contribution in [3.05, 3.63) is 29.3 Å². The van der Waals surface area contributed by atoms with Gasteiger partial charge in [-0.15, -0.1) is 0 Å². The predicted molar refractivity (Wildman–Crippen MR) is 53.0 cm³/mol. The minimum atomic E-state index is -0.0117. The summed E-state index contributed by atoms with van der Waals surface area (Å²) in [6.45, 7) is 1.97. The van der Waals surface area contributed by atoms with Crippen LogP contribution in [0.5, 0.6) is 5.75 Å². The van der Waals surface area contributed by atoms with Crippen LogP contribution in [0.3, 0.4) is 0 Å². The number of nitrogens with one attached hydrogen (secondary N) is 1. The van der Waals surface area contributed by atoms with Crippen LogP contribution in [0.4, 0.5) is 0 Å². The van der Waals surface area contributed by atoms with Gasteiger partial charge in [-0.2, -0.15) is 0 Å². The Labute approximate surface area is 82.8 Å². The number of carbonyl (C=O) groups excluding carboxylic acids is 1. The molecule has 14 heavy (non-hydrogen) atoms. The van der Waals surface area contributed by atoms with Gasteiger partial charge in [0.05, 0.1) is 6.04 Å². The number of carbonyl (C=O) groups is 1. The normalized spacial score (nSPS) is 20.9. The zero-order chi connectivity index (χ0) is 10.1. The molecule has 2 N–H and O–H groups in total. The van der Waals surface area contributed by atoms with E-state index >= 15 is 0 Å². The number of aryl methyl sites for hydroxylation is 1. The van der Waals surface area contributed by atoms with E-state index in [2.05, 4.69) is 5.32 Å². The third-order valence-corrected chi connectivity index (χ3v) is 2.55. The van der Waals surface area contributed by atoms with Crippen molar-refractivity contribution in [3.63, 3.8) is 0 Å². The van der Waals surface area contributed by atoms with E-state index in [4.69, 9.17) is 0 Å². The fraction of sp³-hybridized carbons (Fsp3) is 0.364. The van der Waals surface area contributed by atoms with E-state index in [0.29, 0.717) is 6.42 Å². The predicted octanol–water partition coefficient (Wildman–Crippen LogP) is 1.65. The van der Waals surface area contributed by atoms with Gasteiger partial charge in [-0.3, -0.25) is 4.79 Å². The molecule has 0 radical (unpaired) electrons. The molecule has 0 aliphatic carbocycles. The molecule has 0 aromatic heterocycles.